The zero-order valence-electron chi connectivity index (χ0n) is 16.3. The molecule has 1 amide bonds. The molecule has 3 rings (SSSR count). The van der Waals surface area contributed by atoms with Crippen molar-refractivity contribution in [1.29, 1.82) is 0 Å². The second-order valence-electron chi connectivity index (χ2n) is 7.13. The Morgan fingerprint density at radius 3 is 2.43 bits per heavy atom. The molecule has 0 atom stereocenters. The fourth-order valence-electron chi connectivity index (χ4n) is 3.14. The average Bonchev–Trinajstić information content (AvgIpc) is 3.20. The van der Waals surface area contributed by atoms with Gasteiger partial charge in [-0.2, -0.15) is 10.2 Å². The predicted octanol–water partition coefficient (Wildman–Crippen LogP) is 0.658. The molecule has 1 aliphatic heterocycles. The molecule has 0 radical (unpaired) electrons. The average molecular weight is 429 g/mol. The van der Waals surface area contributed by atoms with E-state index in [0.717, 1.165) is 11.4 Å². The van der Waals surface area contributed by atoms with Crippen molar-refractivity contribution in [2.75, 3.05) is 44.7 Å². The van der Waals surface area contributed by atoms with Gasteiger partial charge in [0.05, 0.1) is 22.2 Å². The number of rotatable bonds is 6. The minimum absolute atomic E-state index is 0.118. The second kappa shape index (κ2) is 8.22. The molecular formula is C17H25ClN6O3S. The summed E-state index contributed by atoms with van der Waals surface area (Å²) in [6.45, 7) is 7.05. The largest absolute Gasteiger partial charge is 0.335 e. The van der Waals surface area contributed by atoms with Gasteiger partial charge in [-0.25, -0.2) is 13.1 Å². The second-order valence-corrected chi connectivity index (χ2v) is 9.77. The van der Waals surface area contributed by atoms with E-state index in [0.29, 0.717) is 50.1 Å². The maximum Gasteiger partial charge on any atom is 0.274 e. The Bertz CT molecular complexity index is 960. The Morgan fingerprint density at radius 2 is 1.86 bits per heavy atom. The van der Waals surface area contributed by atoms with Gasteiger partial charge in [0.15, 0.2) is 0 Å². The van der Waals surface area contributed by atoms with Crippen molar-refractivity contribution >= 4 is 27.3 Å². The lowest BCUT2D eigenvalue weighted by Gasteiger charge is -2.34. The van der Waals surface area contributed by atoms with Crippen LogP contribution < -0.4 is 0 Å². The van der Waals surface area contributed by atoms with Crippen molar-refractivity contribution in [1.82, 2.24) is 29.4 Å². The van der Waals surface area contributed by atoms with Crippen LogP contribution in [0, 0.1) is 13.8 Å². The van der Waals surface area contributed by atoms with E-state index in [4.69, 9.17) is 11.6 Å². The van der Waals surface area contributed by atoms with Gasteiger partial charge in [-0.1, -0.05) is 11.6 Å². The molecule has 0 bridgehead atoms. The highest BCUT2D eigenvalue weighted by atomic mass is 35.5. The summed E-state index contributed by atoms with van der Waals surface area (Å²) in [5.74, 6) is 0.0229. The van der Waals surface area contributed by atoms with E-state index >= 15 is 0 Å². The van der Waals surface area contributed by atoms with Gasteiger partial charge >= 0.3 is 0 Å². The zero-order valence-corrected chi connectivity index (χ0v) is 17.9. The van der Waals surface area contributed by atoms with Crippen LogP contribution in [-0.4, -0.2) is 88.4 Å². The van der Waals surface area contributed by atoms with Gasteiger partial charge in [0.25, 0.3) is 5.91 Å². The maximum absolute atomic E-state index is 12.7. The third kappa shape index (κ3) is 4.92. The maximum atomic E-state index is 12.7. The quantitative estimate of drug-likeness (QED) is 0.671. The molecule has 11 heteroatoms. The van der Waals surface area contributed by atoms with Crippen molar-refractivity contribution in [2.24, 2.45) is 0 Å². The van der Waals surface area contributed by atoms with Crippen LogP contribution in [0.2, 0.25) is 5.02 Å². The van der Waals surface area contributed by atoms with Gasteiger partial charge in [0, 0.05) is 45.2 Å². The number of amides is 1. The molecule has 2 aromatic heterocycles. The van der Waals surface area contributed by atoms with Crippen molar-refractivity contribution in [3.8, 4) is 0 Å². The van der Waals surface area contributed by atoms with Crippen molar-refractivity contribution in [3.05, 3.63) is 34.4 Å². The Balaban J connectivity index is 1.57. The van der Waals surface area contributed by atoms with E-state index in [-0.39, 0.29) is 11.7 Å². The number of hydrogen-bond donors (Lipinski definition) is 0. The molecule has 0 spiro atoms. The first kappa shape index (κ1) is 20.8. The van der Waals surface area contributed by atoms with Gasteiger partial charge in [-0.15, -0.1) is 0 Å². The molecule has 28 heavy (non-hydrogen) atoms. The predicted molar refractivity (Wildman–Crippen MR) is 106 cm³/mol. The summed E-state index contributed by atoms with van der Waals surface area (Å²) < 4.78 is 26.0. The molecule has 154 valence electrons. The van der Waals surface area contributed by atoms with E-state index in [2.05, 4.69) is 15.1 Å². The van der Waals surface area contributed by atoms with Crippen LogP contribution in [0.3, 0.4) is 0 Å². The molecule has 1 saturated heterocycles. The first-order valence-electron chi connectivity index (χ1n) is 9.06. The zero-order chi connectivity index (χ0) is 20.5. The summed E-state index contributed by atoms with van der Waals surface area (Å²) in [6, 6.07) is 1.70. The molecule has 0 aromatic carbocycles. The third-order valence-electron chi connectivity index (χ3n) is 4.87. The Hall–Kier alpha value is -1.91. The van der Waals surface area contributed by atoms with Crippen LogP contribution in [0.4, 0.5) is 0 Å². The normalized spacial score (nSPS) is 15.9. The summed E-state index contributed by atoms with van der Waals surface area (Å²) in [5, 5.41) is 9.39. The molecule has 0 unspecified atom stereocenters. The molecule has 0 saturated carbocycles. The Morgan fingerprint density at radius 1 is 1.18 bits per heavy atom. The standard InChI is InChI=1S/C17H25ClN6O3S/c1-13-16(18)14(2)24(19-13)12-23-5-4-15(20-23)17(25)22-8-6-21(7-9-22)10-11-28(3,26)27/h4-5H,6-12H2,1-3H3. The van der Waals surface area contributed by atoms with E-state index < -0.39 is 9.84 Å². The van der Waals surface area contributed by atoms with Gasteiger partial charge in [0.2, 0.25) is 0 Å². The van der Waals surface area contributed by atoms with Crippen LogP contribution in [0.25, 0.3) is 0 Å². The van der Waals surface area contributed by atoms with Gasteiger partial charge in [-0.3, -0.25) is 14.4 Å². The molecule has 1 fully saturated rings. The van der Waals surface area contributed by atoms with Crippen LogP contribution in [-0.2, 0) is 16.5 Å². The number of nitrogens with zero attached hydrogens (tertiary/aromatic N) is 6. The number of carbonyl (C=O) groups is 1. The smallest absolute Gasteiger partial charge is 0.274 e. The highest BCUT2D eigenvalue weighted by molar-refractivity contribution is 7.90. The number of aromatic nitrogens is 4. The number of halogens is 1. The number of hydrogen-bond acceptors (Lipinski definition) is 6. The lowest BCUT2D eigenvalue weighted by Crippen LogP contribution is -2.49. The van der Waals surface area contributed by atoms with E-state index in [1.54, 1.807) is 26.5 Å². The SMILES string of the molecule is Cc1nn(Cn2ccc(C(=O)N3CCN(CCS(C)(=O)=O)CC3)n2)c(C)c1Cl. The monoisotopic (exact) mass is 428 g/mol. The summed E-state index contributed by atoms with van der Waals surface area (Å²) in [6.07, 6.45) is 2.99. The summed E-state index contributed by atoms with van der Waals surface area (Å²) in [7, 11) is -2.97. The Kier molecular flexibility index (Phi) is 6.11. The molecule has 0 N–H and O–H groups in total. The first-order chi connectivity index (χ1) is 13.1. The summed E-state index contributed by atoms with van der Waals surface area (Å²) in [5.41, 5.74) is 2.00. The number of carbonyl (C=O) groups excluding carboxylic acids is 1. The highest BCUT2D eigenvalue weighted by Crippen LogP contribution is 2.18. The van der Waals surface area contributed by atoms with E-state index in [1.807, 2.05) is 13.8 Å². The van der Waals surface area contributed by atoms with Crippen LogP contribution >= 0.6 is 11.6 Å². The van der Waals surface area contributed by atoms with E-state index in [9.17, 15) is 13.2 Å². The van der Waals surface area contributed by atoms with Crippen molar-refractivity contribution < 1.29 is 13.2 Å². The fourth-order valence-corrected chi connectivity index (χ4v) is 3.86. The lowest BCUT2D eigenvalue weighted by atomic mass is 10.3. The Labute approximate surface area is 169 Å². The van der Waals surface area contributed by atoms with Crippen molar-refractivity contribution in [2.45, 2.75) is 20.5 Å². The van der Waals surface area contributed by atoms with Gasteiger partial charge in [-0.05, 0) is 19.9 Å². The van der Waals surface area contributed by atoms with Gasteiger partial charge in [0.1, 0.15) is 22.2 Å². The number of piperazine rings is 1. The van der Waals surface area contributed by atoms with E-state index in [1.165, 1.54) is 6.26 Å². The summed E-state index contributed by atoms with van der Waals surface area (Å²) in [4.78, 5) is 16.5. The number of aryl methyl sites for hydroxylation is 1. The van der Waals surface area contributed by atoms with Gasteiger partial charge < -0.3 is 4.90 Å². The molecule has 9 nitrogen and oxygen atoms in total. The van der Waals surface area contributed by atoms with Crippen LogP contribution in [0.1, 0.15) is 21.9 Å². The molecule has 2 aromatic rings. The first-order valence-corrected chi connectivity index (χ1v) is 11.5. The highest BCUT2D eigenvalue weighted by Gasteiger charge is 2.24. The molecule has 1 aliphatic rings. The van der Waals surface area contributed by atoms with Crippen LogP contribution in [0.5, 0.6) is 0 Å². The fraction of sp³-hybridized carbons (Fsp3) is 0.588. The minimum atomic E-state index is -2.97. The van der Waals surface area contributed by atoms with Crippen molar-refractivity contribution in [3.63, 3.8) is 0 Å². The minimum Gasteiger partial charge on any atom is -0.335 e. The molecular weight excluding hydrogens is 404 g/mol. The topological polar surface area (TPSA) is 93.3 Å². The lowest BCUT2D eigenvalue weighted by molar-refractivity contribution is 0.0637. The molecule has 3 heterocycles. The molecule has 0 aliphatic carbocycles. The third-order valence-corrected chi connectivity index (χ3v) is 6.34. The summed E-state index contributed by atoms with van der Waals surface area (Å²) >= 11 is 6.17. The van der Waals surface area contributed by atoms with Crippen LogP contribution in [0.15, 0.2) is 12.3 Å². The number of sulfone groups is 1.